The molecule has 16 aromatic carbocycles. The van der Waals surface area contributed by atoms with E-state index in [1.165, 1.54) is 89.0 Å². The summed E-state index contributed by atoms with van der Waals surface area (Å²) in [6.45, 7) is 0. The van der Waals surface area contributed by atoms with Gasteiger partial charge in [-0.25, -0.2) is 0 Å². The summed E-state index contributed by atoms with van der Waals surface area (Å²) in [4.78, 5) is 0. The fourth-order valence-electron chi connectivity index (χ4n) is 18.3. The van der Waals surface area contributed by atoms with E-state index in [4.69, 9.17) is 17.7 Å². The first-order valence-corrected chi connectivity index (χ1v) is 52.9. The zero-order chi connectivity index (χ0) is 81.2. The lowest BCUT2D eigenvalue weighted by Crippen LogP contribution is -2.50. The molecule has 0 aliphatic rings. The molecule has 0 N–H and O–H groups in total. The molecule has 0 unspecified atom stereocenters. The minimum Gasteiger partial charge on any atom is -0.542 e. The largest absolute Gasteiger partial charge is 0.542 e. The van der Waals surface area contributed by atoms with Gasteiger partial charge < -0.3 is 17.7 Å². The highest BCUT2D eigenvalue weighted by Crippen LogP contribution is 2.41. The molecule has 4 nitrogen and oxygen atoms in total. The first-order valence-electron chi connectivity index (χ1n) is 42.8. The van der Waals surface area contributed by atoms with E-state index in [1.54, 1.807) is 0 Å². The minimum absolute atomic E-state index is 0.0260. The topological polar surface area (TPSA) is 36.9 Å². The van der Waals surface area contributed by atoms with Gasteiger partial charge in [-0.3, -0.25) is 0 Å². The quantitative estimate of drug-likeness (QED) is 0.0360. The Morgan fingerprint density at radius 3 is 0.350 bits per heavy atom. The van der Waals surface area contributed by atoms with Crippen molar-refractivity contribution in [1.29, 1.82) is 0 Å². The number of hydrogen-bond donors (Lipinski definition) is 0. The molecule has 0 aliphatic heterocycles. The van der Waals surface area contributed by atoms with E-state index in [0.717, 1.165) is 108 Å². The Labute approximate surface area is 716 Å². The number of hydrogen-bond acceptors (Lipinski definition) is 4. The van der Waals surface area contributed by atoms with Crippen molar-refractivity contribution < 1.29 is 17.7 Å². The maximum atomic E-state index is 7.83. The summed E-state index contributed by atoms with van der Waals surface area (Å²) in [6.07, 6.45) is 1.65. The third-order valence-corrected chi connectivity index (χ3v) is 38.9. The molecule has 0 radical (unpaired) electrons. The molecular weight excluding hydrogens is 1520 g/mol. The Hall–Kier alpha value is -12.4. The van der Waals surface area contributed by atoms with Crippen LogP contribution in [-0.4, -0.2) is 33.3 Å². The van der Waals surface area contributed by atoms with Gasteiger partial charge in [-0.1, -0.05) is 413 Å². The lowest BCUT2D eigenvalue weighted by Gasteiger charge is -2.34. The van der Waals surface area contributed by atoms with Gasteiger partial charge in [-0.05, 0) is 150 Å². The third kappa shape index (κ3) is 22.9. The summed E-state index contributed by atoms with van der Waals surface area (Å²) >= 11 is 0. The van der Waals surface area contributed by atoms with Crippen molar-refractivity contribution in [3.05, 3.63) is 550 Å². The Balaban J connectivity index is 0.797. The highest BCUT2D eigenvalue weighted by Gasteiger charge is 2.43. The number of rotatable bonds is 39. The van der Waals surface area contributed by atoms with E-state index >= 15 is 0 Å². The van der Waals surface area contributed by atoms with Crippen molar-refractivity contribution in [3.8, 4) is 23.0 Å². The minimum atomic E-state index is -2.74. The van der Waals surface area contributed by atoms with Gasteiger partial charge in [0.2, 0.25) is 0 Å². The fraction of sp³-hybridized carbons (Fsp3) is 0.143. The van der Waals surface area contributed by atoms with Crippen molar-refractivity contribution in [1.82, 2.24) is 0 Å². The predicted molar refractivity (Wildman–Crippen MR) is 506 cm³/mol. The van der Waals surface area contributed by atoms with Gasteiger partial charge in [0.05, 0.1) is 0 Å². The Bertz CT molecular complexity index is 4560. The first kappa shape index (κ1) is 81.3. The summed E-state index contributed by atoms with van der Waals surface area (Å²) in [5, 5.41) is 0. The number of benzene rings is 16. The molecule has 16 aromatic rings. The molecular formula is C112H106O4Si4. The van der Waals surface area contributed by atoms with Crippen molar-refractivity contribution in [2.45, 2.75) is 97.2 Å². The molecule has 594 valence electrons. The second-order valence-electron chi connectivity index (χ2n) is 33.0. The third-order valence-electron chi connectivity index (χ3n) is 23.6. The van der Waals surface area contributed by atoms with Crippen LogP contribution in [0.25, 0.3) is 0 Å². The molecule has 16 rings (SSSR count). The van der Waals surface area contributed by atoms with Crippen LogP contribution in [0.1, 0.15) is 114 Å². The zero-order valence-electron chi connectivity index (χ0n) is 68.6. The molecule has 0 atom stereocenters. The van der Waals surface area contributed by atoms with Crippen molar-refractivity contribution in [2.75, 3.05) is 0 Å². The van der Waals surface area contributed by atoms with Crippen LogP contribution in [0.2, 0.25) is 0 Å². The van der Waals surface area contributed by atoms with Crippen molar-refractivity contribution >= 4 is 33.3 Å². The van der Waals surface area contributed by atoms with Crippen LogP contribution in [0.15, 0.2) is 461 Å². The van der Waals surface area contributed by atoms with Crippen LogP contribution in [0.5, 0.6) is 23.0 Å². The summed E-state index contributed by atoms with van der Waals surface area (Å²) in [6, 6.07) is 180. The van der Waals surface area contributed by atoms with Gasteiger partial charge in [-0.2, -0.15) is 0 Å². The maximum absolute atomic E-state index is 7.83. The highest BCUT2D eigenvalue weighted by molar-refractivity contribution is 6.74. The smallest absolute Gasteiger partial charge is 0.264 e. The highest BCUT2D eigenvalue weighted by atomic mass is 28.4. The van der Waals surface area contributed by atoms with Crippen LogP contribution in [-0.2, 0) is 72.5 Å². The molecule has 0 aromatic heterocycles. The van der Waals surface area contributed by atoms with Crippen molar-refractivity contribution in [2.24, 2.45) is 0 Å². The van der Waals surface area contributed by atoms with Gasteiger partial charge >= 0.3 is 0 Å². The van der Waals surface area contributed by atoms with E-state index in [0.29, 0.717) is 0 Å². The molecule has 0 heterocycles. The molecule has 0 saturated heterocycles. The van der Waals surface area contributed by atoms with Gasteiger partial charge in [0, 0.05) is 84.4 Å². The molecule has 0 spiro atoms. The molecule has 0 saturated carbocycles. The second-order valence-corrected chi connectivity index (χ2v) is 47.6. The fourth-order valence-corrected chi connectivity index (χ4v) is 34.9. The van der Waals surface area contributed by atoms with Crippen LogP contribution in [0.3, 0.4) is 0 Å². The predicted octanol–water partition coefficient (Wildman–Crippen LogP) is 26.1. The van der Waals surface area contributed by atoms with E-state index in [9.17, 15) is 0 Å². The van der Waals surface area contributed by atoms with E-state index in [1.807, 2.05) is 0 Å². The van der Waals surface area contributed by atoms with Crippen LogP contribution in [0.4, 0.5) is 0 Å². The molecule has 0 bridgehead atoms. The van der Waals surface area contributed by atoms with Crippen LogP contribution in [0, 0.1) is 0 Å². The normalized spacial score (nSPS) is 11.8. The lowest BCUT2D eigenvalue weighted by molar-refractivity contribution is 0.521. The Morgan fingerprint density at radius 1 is 0.133 bits per heavy atom. The van der Waals surface area contributed by atoms with E-state index in [2.05, 4.69) is 461 Å². The summed E-state index contributed by atoms with van der Waals surface area (Å²) in [5.74, 6) is 3.56. The summed E-state index contributed by atoms with van der Waals surface area (Å²) in [5.41, 5.74) is 20.5. The Morgan fingerprint density at radius 2 is 0.242 bits per heavy atom. The monoisotopic (exact) mass is 1630 g/mol. The molecule has 0 amide bonds. The SMILES string of the molecule is c1ccc(C[Si](Cc2ccccc2)(Cc2ccccc2)Oc2ccc(C(CCC(c3ccc(O[Si](Cc4ccccc4)(Cc4ccccc4)Cc4ccccc4)cc3)c3ccc(O[Si](Cc4ccccc4)(Cc4ccccc4)Cc4ccccc4)cc3)c3ccc(O[Si](Cc4ccccc4)(Cc4ccccc4)Cc4ccccc4)cc3)cc2)cc1. The summed E-state index contributed by atoms with van der Waals surface area (Å²) < 4.78 is 31.3. The molecule has 120 heavy (non-hydrogen) atoms. The van der Waals surface area contributed by atoms with Crippen molar-refractivity contribution in [3.63, 3.8) is 0 Å². The van der Waals surface area contributed by atoms with Gasteiger partial charge in [0.1, 0.15) is 23.0 Å². The Kier molecular flexibility index (Phi) is 27.4. The van der Waals surface area contributed by atoms with Gasteiger partial charge in [0.25, 0.3) is 33.3 Å². The van der Waals surface area contributed by atoms with Gasteiger partial charge in [0.15, 0.2) is 0 Å². The van der Waals surface area contributed by atoms with Crippen LogP contribution >= 0.6 is 0 Å². The summed E-state index contributed by atoms with van der Waals surface area (Å²) in [7, 11) is -11.0. The van der Waals surface area contributed by atoms with Gasteiger partial charge in [-0.15, -0.1) is 0 Å². The lowest BCUT2D eigenvalue weighted by atomic mass is 9.81. The standard InChI is InChI=1S/C112H106O4Si4/c1-13-37-91(38-14-1)79-117(80-92-39-15-2-16-40-92,81-93-41-17-3-18-42-93)113-107-69-61-103(62-70-107)111(104-63-71-108(72-64-104)114-118(82-94-43-19-4-20-44-94,83-95-45-21-5-22-46-95)84-96-47-23-6-24-48-96)77-78-112(105-65-73-109(74-66-105)115-119(85-97-49-25-7-26-50-97,86-98-51-27-8-28-52-98)87-99-53-29-9-30-54-99)106-67-75-110(76-68-106)116-120(88-100-55-31-10-32-56-100,89-101-57-33-11-34-58-101)90-102-59-35-12-36-60-102/h1-76,111-112H,77-90H2. The molecule has 8 heteroatoms. The van der Waals surface area contributed by atoms with E-state index in [-0.39, 0.29) is 11.8 Å². The average Bonchev–Trinajstić information content (AvgIpc) is 0.811. The molecule has 0 aliphatic carbocycles. The van der Waals surface area contributed by atoms with E-state index < -0.39 is 33.3 Å². The average molecular weight is 1630 g/mol. The zero-order valence-corrected chi connectivity index (χ0v) is 72.6. The first-order chi connectivity index (χ1) is 59.2. The maximum Gasteiger partial charge on any atom is 0.264 e. The molecule has 0 fully saturated rings. The second kappa shape index (κ2) is 40.4. The van der Waals surface area contributed by atoms with Crippen LogP contribution < -0.4 is 17.7 Å².